The van der Waals surface area contributed by atoms with Gasteiger partial charge >= 0.3 is 6.01 Å². The van der Waals surface area contributed by atoms with Gasteiger partial charge in [0, 0.05) is 36.1 Å². The van der Waals surface area contributed by atoms with Crippen molar-refractivity contribution in [1.82, 2.24) is 19.8 Å². The summed E-state index contributed by atoms with van der Waals surface area (Å²) in [6.07, 6.45) is 9.25. The average molecular weight is 987 g/mol. The molecule has 4 aliphatic rings. The number of halogens is 4. The third-order valence-electron chi connectivity index (χ3n) is 11.4. The quantitative estimate of drug-likeness (QED) is 0.127. The molecule has 3 saturated heterocycles. The van der Waals surface area contributed by atoms with Gasteiger partial charge in [-0.2, -0.15) is 26.7 Å². The summed E-state index contributed by atoms with van der Waals surface area (Å²) in [4.78, 5) is 26.3. The summed E-state index contributed by atoms with van der Waals surface area (Å²) in [6, 6.07) is 5.15. The largest absolute Gasteiger partial charge is 0.506 e. The number of aromatic nitrogens is 2. The number of fused-ring (bicyclic) bond motifs is 3. The minimum atomic E-state index is -0.966. The van der Waals surface area contributed by atoms with Crippen molar-refractivity contribution in [3.8, 4) is 22.9 Å². The Labute approximate surface area is 302 Å². The van der Waals surface area contributed by atoms with Gasteiger partial charge < -0.3 is 25.8 Å². The van der Waals surface area contributed by atoms with Crippen LogP contribution in [0.5, 0.6) is 11.8 Å². The van der Waals surface area contributed by atoms with Gasteiger partial charge in [0.15, 0.2) is 0 Å². The smallest absolute Gasteiger partial charge is 0.319 e. The van der Waals surface area contributed by atoms with Crippen LogP contribution in [0, 0.1) is 17.7 Å². The maximum absolute atomic E-state index is 17.0. The van der Waals surface area contributed by atoms with Crippen LogP contribution in [0.3, 0.4) is 0 Å². The molecule has 3 aliphatic heterocycles. The number of carbonyl (C=O) groups excluding carboxylic acids is 1. The Bertz CT molecular complexity index is 2090. The second-order valence-electron chi connectivity index (χ2n) is 14.4. The Morgan fingerprint density at radius 3 is 2.81 bits per heavy atom. The molecule has 278 valence electrons. The first kappa shape index (κ1) is 35.6. The number of likely N-dealkylation sites (tertiary alicyclic amines) is 1. The fourth-order valence-corrected chi connectivity index (χ4v) is 10.3. The number of phenols is 1. The number of hydrogen-bond donors (Lipinski definition) is 3. The summed E-state index contributed by atoms with van der Waals surface area (Å²) in [5.41, 5.74) is 4.88. The molecule has 4 fully saturated rings. The summed E-state index contributed by atoms with van der Waals surface area (Å²) in [5, 5.41) is 15.3. The number of nitrogen functional groups attached to an aromatic ring is 1. The van der Waals surface area contributed by atoms with Gasteiger partial charge in [0.25, 0.3) is 0 Å². The first-order chi connectivity index (χ1) is 24.5. The molecule has 1 saturated carbocycles. The van der Waals surface area contributed by atoms with Crippen LogP contribution >= 0.6 is 22.9 Å². The van der Waals surface area contributed by atoms with Gasteiger partial charge in [0.1, 0.15) is 35.7 Å². The third kappa shape index (κ3) is 5.72. The van der Waals surface area contributed by atoms with Crippen LogP contribution in [0.2, 0.25) is 5.02 Å². The fraction of sp³-hybridized carbons (Fsp3) is 0.486. The van der Waals surface area contributed by atoms with Gasteiger partial charge in [0.2, 0.25) is 5.91 Å². The third-order valence-corrected chi connectivity index (χ3v) is 12.7. The zero-order valence-electron chi connectivity index (χ0n) is 28.6. The van der Waals surface area contributed by atoms with E-state index in [1.54, 1.807) is 12.2 Å². The average Bonchev–Trinajstić information content (AvgIpc) is 3.86. The second-order valence-corrected chi connectivity index (χ2v) is 15.9. The number of benzene rings is 2. The van der Waals surface area contributed by atoms with E-state index in [1.807, 2.05) is 11.8 Å². The fourth-order valence-electron chi connectivity index (χ4n) is 9.21. The number of allylic oxidation sites excluding steroid dienone is 1. The normalized spacial score (nSPS) is 26.1. The zero-order valence-corrected chi connectivity index (χ0v) is 33.1. The van der Waals surface area contributed by atoms with Crippen molar-refractivity contribution < 1.29 is 27.8 Å². The van der Waals surface area contributed by atoms with E-state index in [9.17, 15) is 18.7 Å². The second kappa shape index (κ2) is 13.3. The number of nitrogens with zero attached hydrogens (tertiary/aromatic N) is 4. The van der Waals surface area contributed by atoms with Crippen molar-refractivity contribution in [1.29, 1.82) is 0 Å². The maximum Gasteiger partial charge on any atom is 0.319 e. The van der Waals surface area contributed by atoms with E-state index in [0.29, 0.717) is 25.9 Å². The number of hydrogen-bond acceptors (Lipinski definition) is 9. The number of thiophene rings is 1. The predicted octanol–water partition coefficient (Wildman–Crippen LogP) is 7.78. The molecule has 4 N–H and O–H groups in total. The molecule has 0 bridgehead atoms. The van der Waals surface area contributed by atoms with Gasteiger partial charge in [0.05, 0.1) is 21.8 Å². The number of aromatic hydroxyl groups is 1. The number of alkyl halides is 1. The van der Waals surface area contributed by atoms with Crippen LogP contribution in [-0.4, -0.2) is 80.3 Å². The van der Waals surface area contributed by atoms with Crippen molar-refractivity contribution in [2.75, 3.05) is 37.3 Å². The monoisotopic (exact) mass is 982 g/mol. The summed E-state index contributed by atoms with van der Waals surface area (Å²) in [6.45, 7) is 3.73. The Morgan fingerprint density at radius 2 is 2.00 bits per heavy atom. The number of carbonyl (C=O) groups is 1. The molecule has 5 heterocycles. The van der Waals surface area contributed by atoms with Crippen LogP contribution in [-0.2, 0) is 4.79 Å². The molecular weight excluding hydrogens is 948 g/mol. The van der Waals surface area contributed by atoms with Gasteiger partial charge in [-0.05, 0) is 87.2 Å². The van der Waals surface area contributed by atoms with E-state index in [4.69, 9.17) is 27.1 Å². The molecule has 4 aromatic rings. The Kier molecular flexibility index (Phi) is 9.11. The molecule has 0 radical (unpaired) electrons. The number of nitrogens with two attached hydrogens (primary N) is 1. The van der Waals surface area contributed by atoms with Crippen molar-refractivity contribution >= 4 is 60.7 Å². The molecular formula is C37H39ClCmF3N6O3S-. The van der Waals surface area contributed by atoms with Crippen molar-refractivity contribution in [2.24, 2.45) is 0 Å². The molecule has 4 atom stereocenters. The van der Waals surface area contributed by atoms with E-state index in [2.05, 4.69) is 21.3 Å². The molecule has 1 aliphatic carbocycles. The van der Waals surface area contributed by atoms with Crippen LogP contribution in [0.25, 0.3) is 32.1 Å². The zero-order chi connectivity index (χ0) is 35.7. The van der Waals surface area contributed by atoms with Crippen LogP contribution in [0.15, 0.2) is 24.3 Å². The molecule has 52 heavy (non-hydrogen) atoms. The molecule has 9 nitrogen and oxygen atoms in total. The number of amides is 1. The summed E-state index contributed by atoms with van der Waals surface area (Å²) < 4.78 is 52.8. The van der Waals surface area contributed by atoms with E-state index in [0.717, 1.165) is 62.8 Å². The van der Waals surface area contributed by atoms with Crippen molar-refractivity contribution in [2.45, 2.75) is 88.0 Å². The van der Waals surface area contributed by atoms with E-state index >= 15 is 4.39 Å². The van der Waals surface area contributed by atoms with Gasteiger partial charge in [-0.15, -0.1) is 17.7 Å². The number of phenolic OH excluding ortho intramolecular Hbond substituents is 1. The summed E-state index contributed by atoms with van der Waals surface area (Å²) >= 11 is 7.76. The Hall–Kier alpha value is -4.81. The van der Waals surface area contributed by atoms with E-state index < -0.39 is 29.1 Å². The molecule has 2 unspecified atom stereocenters. The first-order valence-corrected chi connectivity index (χ1v) is 18.8. The van der Waals surface area contributed by atoms with Crippen LogP contribution < -0.4 is 15.8 Å². The van der Waals surface area contributed by atoms with E-state index in [-0.39, 0.29) is 78.1 Å². The maximum atomic E-state index is 17.0. The number of nitrogens with one attached hydrogen (secondary N) is 1. The number of ether oxygens (including phenoxy) is 1. The van der Waals surface area contributed by atoms with Gasteiger partial charge in [-0.1, -0.05) is 17.7 Å². The molecule has 1 amide bonds. The molecule has 2 aromatic heterocycles. The molecule has 8 rings (SSSR count). The van der Waals surface area contributed by atoms with Crippen molar-refractivity contribution in [3.05, 3.63) is 47.0 Å². The number of rotatable bonds is 7. The van der Waals surface area contributed by atoms with Gasteiger partial charge in [-0.3, -0.25) is 9.69 Å². The minimum absolute atomic E-state index is 0. The topological polar surface area (TPSA) is 117 Å². The summed E-state index contributed by atoms with van der Waals surface area (Å²) in [5.74, 6) is -1.74. The Balaban J connectivity index is 0.00000420. The van der Waals surface area contributed by atoms with Crippen molar-refractivity contribution in [3.63, 3.8) is 0 Å². The van der Waals surface area contributed by atoms with Gasteiger partial charge in [-0.25, -0.2) is 13.2 Å². The van der Waals surface area contributed by atoms with Crippen LogP contribution in [0.4, 0.5) is 24.0 Å². The van der Waals surface area contributed by atoms with E-state index in [1.165, 1.54) is 12.1 Å². The Morgan fingerprint density at radius 1 is 1.21 bits per heavy atom. The molecule has 2 aromatic carbocycles. The standard InChI is InChI=1S/C37H39ClF3N6O3S.Cm/c1-2-6-26(48)47-14-5-11-36(47)10-3-7-21(17-36)43-34-28-31(44-35(45-34)50-19-37-12-4-13-46(37)18-20(39)16-37)30(41)27(29(38)32(28)49)22-8-9-24(40)33-23(22)15-25(42)51-33;/h2,6,8-9,20-21,49H,3-5,7,10-14,16-19,42H2,1H3,(H,43,44,45);/q-1;/b6-2+;/t20-,21?,36?,37+;/m1./s1. The molecule has 1 spiro atoms. The predicted molar refractivity (Wildman–Crippen MR) is 193 cm³/mol. The number of anilines is 2. The first-order valence-electron chi connectivity index (χ1n) is 17.6. The minimum Gasteiger partial charge on any atom is -0.506 e. The SMILES string of the molecule is C/C=C/C(=O)N1CCCC12CCCC(Nc1nc(OC[C@@]34CCCN3C[C@H](F)C4)nc3c(F)c(-c4ccc(F)c5sc(N)[c-]c45)c(Cl)c(O)c13)C2.[Cm]. The molecule has 15 heteroatoms. The van der Waals surface area contributed by atoms with Crippen LogP contribution in [0.1, 0.15) is 64.7 Å². The summed E-state index contributed by atoms with van der Waals surface area (Å²) in [7, 11) is 0.